The molecule has 0 spiro atoms. The molecule has 2 amide bonds. The molecule has 0 saturated carbocycles. The van der Waals surface area contributed by atoms with Crippen molar-refractivity contribution in [1.82, 2.24) is 4.90 Å². The summed E-state index contributed by atoms with van der Waals surface area (Å²) in [5, 5.41) is 0.00538. The molecule has 0 aliphatic carbocycles. The number of carbonyl (C=O) groups is 2. The fourth-order valence-electron chi connectivity index (χ4n) is 3.31. The number of hydrogen-bond donors (Lipinski definition) is 0. The van der Waals surface area contributed by atoms with Crippen molar-refractivity contribution in [3.05, 3.63) is 93.9 Å². The first-order valence-corrected chi connectivity index (χ1v) is 11.7. The van der Waals surface area contributed by atoms with Gasteiger partial charge in [0.05, 0.1) is 23.6 Å². The van der Waals surface area contributed by atoms with Crippen molar-refractivity contribution in [2.24, 2.45) is 0 Å². The van der Waals surface area contributed by atoms with Crippen molar-refractivity contribution in [1.29, 1.82) is 0 Å². The summed E-state index contributed by atoms with van der Waals surface area (Å²) in [6.45, 7) is 0.704. The number of para-hydroxylation sites is 1. The second kappa shape index (κ2) is 11.1. The molecule has 1 aliphatic heterocycles. The lowest BCUT2D eigenvalue weighted by Gasteiger charge is -2.14. The molecule has 1 aliphatic rings. The van der Waals surface area contributed by atoms with E-state index in [0.717, 1.165) is 17.3 Å². The van der Waals surface area contributed by atoms with E-state index in [2.05, 4.69) is 0 Å². The number of ether oxygens (including phenoxy) is 3. The molecule has 0 aromatic heterocycles. The molecule has 174 valence electrons. The van der Waals surface area contributed by atoms with Crippen LogP contribution in [0.5, 0.6) is 17.2 Å². The number of benzene rings is 3. The number of thioether (sulfide) groups is 1. The molecule has 0 atom stereocenters. The quantitative estimate of drug-likeness (QED) is 0.337. The van der Waals surface area contributed by atoms with Crippen LogP contribution < -0.4 is 14.2 Å². The molecule has 0 N–H and O–H groups in total. The van der Waals surface area contributed by atoms with Gasteiger partial charge in [0.15, 0.2) is 11.5 Å². The van der Waals surface area contributed by atoms with Gasteiger partial charge in [-0.05, 0) is 53.2 Å². The summed E-state index contributed by atoms with van der Waals surface area (Å²) in [5.41, 5.74) is 1.62. The number of nitrogens with zero attached hydrogens (tertiary/aromatic N) is 1. The van der Waals surface area contributed by atoms with Gasteiger partial charge < -0.3 is 14.2 Å². The van der Waals surface area contributed by atoms with Gasteiger partial charge in [-0.2, -0.15) is 0 Å². The van der Waals surface area contributed by atoms with Crippen LogP contribution in [0.1, 0.15) is 11.1 Å². The molecular weight excluding hydrogens is 474 g/mol. The Morgan fingerprint density at radius 3 is 2.38 bits per heavy atom. The molecule has 0 bridgehead atoms. The fourth-order valence-corrected chi connectivity index (χ4v) is 4.45. The van der Waals surface area contributed by atoms with E-state index in [0.29, 0.717) is 39.3 Å². The van der Waals surface area contributed by atoms with E-state index in [1.165, 1.54) is 12.0 Å². The Kier molecular flexibility index (Phi) is 7.77. The largest absolute Gasteiger partial charge is 0.493 e. The van der Waals surface area contributed by atoms with Crippen LogP contribution in [0, 0.1) is 0 Å². The van der Waals surface area contributed by atoms with Crippen molar-refractivity contribution in [3.8, 4) is 17.2 Å². The Labute approximate surface area is 207 Å². The highest BCUT2D eigenvalue weighted by atomic mass is 35.5. The second-order valence-corrected chi connectivity index (χ2v) is 8.70. The number of amides is 2. The summed E-state index contributed by atoms with van der Waals surface area (Å²) in [4.78, 5) is 26.7. The van der Waals surface area contributed by atoms with Gasteiger partial charge in [-0.25, -0.2) is 0 Å². The zero-order valence-electron chi connectivity index (χ0n) is 18.4. The van der Waals surface area contributed by atoms with Gasteiger partial charge in [0.1, 0.15) is 19.0 Å². The van der Waals surface area contributed by atoms with Crippen LogP contribution in [0.2, 0.25) is 5.02 Å². The van der Waals surface area contributed by atoms with Crippen LogP contribution in [0.25, 0.3) is 6.08 Å². The van der Waals surface area contributed by atoms with Crippen LogP contribution in [0.4, 0.5) is 4.79 Å². The van der Waals surface area contributed by atoms with Gasteiger partial charge in [0, 0.05) is 0 Å². The molecule has 0 unspecified atom stereocenters. The van der Waals surface area contributed by atoms with Gasteiger partial charge in [-0.1, -0.05) is 60.1 Å². The summed E-state index contributed by atoms with van der Waals surface area (Å²) < 4.78 is 16.9. The van der Waals surface area contributed by atoms with Crippen LogP contribution in [-0.2, 0) is 11.4 Å². The maximum absolute atomic E-state index is 12.8. The normalized spacial score (nSPS) is 14.5. The topological polar surface area (TPSA) is 65.1 Å². The lowest BCUT2D eigenvalue weighted by Crippen LogP contribution is -2.32. The first-order chi connectivity index (χ1) is 16.5. The minimum Gasteiger partial charge on any atom is -0.493 e. The van der Waals surface area contributed by atoms with Gasteiger partial charge >= 0.3 is 0 Å². The van der Waals surface area contributed by atoms with Crippen molar-refractivity contribution < 1.29 is 23.8 Å². The summed E-state index contributed by atoms with van der Waals surface area (Å²) >= 11 is 7.35. The van der Waals surface area contributed by atoms with Crippen LogP contribution in [0.3, 0.4) is 0 Å². The summed E-state index contributed by atoms with van der Waals surface area (Å²) in [6, 6.07) is 22.3. The van der Waals surface area contributed by atoms with E-state index in [-0.39, 0.29) is 24.3 Å². The SMILES string of the molecule is COc1cc(/C=C2\SC(=O)N(CCOc3ccccc3)C2=O)cc(Cl)c1OCc1ccccc1. The molecule has 4 rings (SSSR count). The van der Waals surface area contributed by atoms with Crippen LogP contribution in [-0.4, -0.2) is 36.3 Å². The number of hydrogen-bond acceptors (Lipinski definition) is 6. The van der Waals surface area contributed by atoms with Gasteiger partial charge in [0.25, 0.3) is 11.1 Å². The maximum atomic E-state index is 12.8. The molecule has 3 aromatic rings. The zero-order chi connectivity index (χ0) is 23.9. The number of methoxy groups -OCH3 is 1. The van der Waals surface area contributed by atoms with Gasteiger partial charge in [0.2, 0.25) is 0 Å². The number of imide groups is 1. The van der Waals surface area contributed by atoms with Crippen LogP contribution in [0.15, 0.2) is 77.7 Å². The smallest absolute Gasteiger partial charge is 0.293 e. The predicted octanol–water partition coefficient (Wildman–Crippen LogP) is 6.04. The maximum Gasteiger partial charge on any atom is 0.293 e. The summed E-state index contributed by atoms with van der Waals surface area (Å²) in [6.07, 6.45) is 1.62. The number of halogens is 1. The minimum atomic E-state index is -0.369. The zero-order valence-corrected chi connectivity index (χ0v) is 20.0. The third-order valence-corrected chi connectivity index (χ3v) is 6.16. The Morgan fingerprint density at radius 1 is 0.971 bits per heavy atom. The first-order valence-electron chi connectivity index (χ1n) is 10.5. The highest BCUT2D eigenvalue weighted by Crippen LogP contribution is 2.39. The second-order valence-electron chi connectivity index (χ2n) is 7.30. The van der Waals surface area contributed by atoms with E-state index in [1.807, 2.05) is 60.7 Å². The van der Waals surface area contributed by atoms with Crippen molar-refractivity contribution in [2.75, 3.05) is 20.3 Å². The Bertz CT molecular complexity index is 1200. The lowest BCUT2D eigenvalue weighted by atomic mass is 10.1. The van der Waals surface area contributed by atoms with E-state index in [4.69, 9.17) is 25.8 Å². The average Bonchev–Trinajstić information content (AvgIpc) is 3.11. The lowest BCUT2D eigenvalue weighted by molar-refractivity contribution is -0.123. The first kappa shape index (κ1) is 23.7. The Hall–Kier alpha value is -3.42. The van der Waals surface area contributed by atoms with Crippen molar-refractivity contribution in [2.45, 2.75) is 6.61 Å². The Morgan fingerprint density at radius 2 is 1.68 bits per heavy atom. The third-order valence-electron chi connectivity index (χ3n) is 4.98. The summed E-state index contributed by atoms with van der Waals surface area (Å²) in [7, 11) is 1.52. The van der Waals surface area contributed by atoms with E-state index < -0.39 is 0 Å². The molecule has 1 heterocycles. The average molecular weight is 496 g/mol. The molecule has 6 nitrogen and oxygen atoms in total. The molecule has 1 saturated heterocycles. The number of rotatable bonds is 9. The van der Waals surface area contributed by atoms with Gasteiger partial charge in [-0.3, -0.25) is 14.5 Å². The molecular formula is C26H22ClNO5S. The molecule has 34 heavy (non-hydrogen) atoms. The predicted molar refractivity (Wildman–Crippen MR) is 133 cm³/mol. The number of carbonyl (C=O) groups excluding carboxylic acids is 2. The van der Waals surface area contributed by atoms with Crippen molar-refractivity contribution >= 4 is 40.6 Å². The van der Waals surface area contributed by atoms with Gasteiger partial charge in [-0.15, -0.1) is 0 Å². The monoisotopic (exact) mass is 495 g/mol. The Balaban J connectivity index is 1.44. The molecule has 3 aromatic carbocycles. The third kappa shape index (κ3) is 5.73. The summed E-state index contributed by atoms with van der Waals surface area (Å²) in [5.74, 6) is 1.16. The van der Waals surface area contributed by atoms with Crippen LogP contribution >= 0.6 is 23.4 Å². The molecule has 1 fully saturated rings. The standard InChI is InChI=1S/C26H22ClNO5S/c1-31-22-15-19(14-21(27)24(22)33-17-18-8-4-2-5-9-18)16-23-25(29)28(26(30)34-23)12-13-32-20-10-6-3-7-11-20/h2-11,14-16H,12-13,17H2,1H3/b23-16-. The van der Waals surface area contributed by atoms with E-state index in [1.54, 1.807) is 18.2 Å². The van der Waals surface area contributed by atoms with Crippen molar-refractivity contribution in [3.63, 3.8) is 0 Å². The molecule has 8 heteroatoms. The minimum absolute atomic E-state index is 0.160. The molecule has 0 radical (unpaired) electrons. The van der Waals surface area contributed by atoms with E-state index >= 15 is 0 Å². The fraction of sp³-hybridized carbons (Fsp3) is 0.154. The van der Waals surface area contributed by atoms with E-state index in [9.17, 15) is 9.59 Å². The highest BCUT2D eigenvalue weighted by Gasteiger charge is 2.34. The highest BCUT2D eigenvalue weighted by molar-refractivity contribution is 8.18.